The predicted molar refractivity (Wildman–Crippen MR) is 79.8 cm³/mol. The molecule has 0 aliphatic rings. The molecule has 0 heterocycles. The van der Waals surface area contributed by atoms with Crippen molar-refractivity contribution in [3.8, 4) is 0 Å². The van der Waals surface area contributed by atoms with E-state index in [0.29, 0.717) is 0 Å². The maximum absolute atomic E-state index is 11.8. The summed E-state index contributed by atoms with van der Waals surface area (Å²) >= 11 is 5.84. The first kappa shape index (κ1) is 17.8. The van der Waals surface area contributed by atoms with Crippen LogP contribution in [0.5, 0.6) is 0 Å². The molecule has 0 radical (unpaired) electrons. The first-order valence-electron chi connectivity index (χ1n) is 6.25. The number of non-ortho nitro benzene ring substituents is 1. The number of nitrogens with one attached hydrogen (secondary N) is 2. The minimum Gasteiger partial charge on any atom is -0.480 e. The van der Waals surface area contributed by atoms with Gasteiger partial charge in [0.05, 0.1) is 22.1 Å². The monoisotopic (exact) mass is 330 g/mol. The van der Waals surface area contributed by atoms with Crippen LogP contribution < -0.4 is 16.4 Å². The van der Waals surface area contributed by atoms with Gasteiger partial charge in [0.1, 0.15) is 6.04 Å². The van der Waals surface area contributed by atoms with Crippen molar-refractivity contribution in [2.24, 2.45) is 5.73 Å². The average molecular weight is 331 g/mol. The minimum absolute atomic E-state index is 0.0452. The zero-order valence-electron chi connectivity index (χ0n) is 11.4. The van der Waals surface area contributed by atoms with E-state index in [1.807, 2.05) is 0 Å². The van der Waals surface area contributed by atoms with Gasteiger partial charge in [-0.15, -0.1) is 0 Å². The number of amides is 1. The molecule has 9 nitrogen and oxygen atoms in total. The molecule has 0 aliphatic carbocycles. The zero-order valence-corrected chi connectivity index (χ0v) is 12.2. The molecule has 10 heteroatoms. The highest BCUT2D eigenvalue weighted by atomic mass is 35.5. The van der Waals surface area contributed by atoms with Gasteiger partial charge < -0.3 is 21.5 Å². The summed E-state index contributed by atoms with van der Waals surface area (Å²) in [6, 6.07) is 2.46. The van der Waals surface area contributed by atoms with Gasteiger partial charge in [-0.05, 0) is 6.07 Å². The lowest BCUT2D eigenvalue weighted by atomic mass is 10.2. The average Bonchev–Trinajstić information content (AvgIpc) is 2.45. The van der Waals surface area contributed by atoms with Crippen molar-refractivity contribution in [1.29, 1.82) is 0 Å². The van der Waals surface area contributed by atoms with Gasteiger partial charge in [-0.2, -0.15) is 0 Å². The second kappa shape index (κ2) is 8.27. The SMILES string of the molecule is NCCN[C@@H](CC(=O)Nc1cc([N+](=O)[O-])ccc1Cl)C(=O)O. The third-order valence-electron chi connectivity index (χ3n) is 2.66. The van der Waals surface area contributed by atoms with Crippen molar-refractivity contribution in [1.82, 2.24) is 5.32 Å². The number of anilines is 1. The van der Waals surface area contributed by atoms with Gasteiger partial charge in [-0.1, -0.05) is 11.6 Å². The normalized spacial score (nSPS) is 11.7. The van der Waals surface area contributed by atoms with Crippen molar-refractivity contribution < 1.29 is 19.6 Å². The number of rotatable bonds is 8. The highest BCUT2D eigenvalue weighted by Gasteiger charge is 2.21. The van der Waals surface area contributed by atoms with E-state index in [1.54, 1.807) is 0 Å². The molecular weight excluding hydrogens is 316 g/mol. The van der Waals surface area contributed by atoms with Gasteiger partial charge in [0.15, 0.2) is 0 Å². The number of carbonyl (C=O) groups is 2. The number of benzene rings is 1. The van der Waals surface area contributed by atoms with Gasteiger partial charge in [0.25, 0.3) is 5.69 Å². The lowest BCUT2D eigenvalue weighted by molar-refractivity contribution is -0.384. The number of aliphatic carboxylic acids is 1. The molecule has 0 aromatic heterocycles. The van der Waals surface area contributed by atoms with Crippen LogP contribution >= 0.6 is 11.6 Å². The number of nitro groups is 1. The molecule has 0 spiro atoms. The van der Waals surface area contributed by atoms with Crippen molar-refractivity contribution in [3.63, 3.8) is 0 Å². The van der Waals surface area contributed by atoms with Crippen LogP contribution in [0.3, 0.4) is 0 Å². The molecule has 120 valence electrons. The molecule has 1 rings (SSSR count). The second-order valence-corrected chi connectivity index (χ2v) is 4.71. The summed E-state index contributed by atoms with van der Waals surface area (Å²) in [6.45, 7) is 0.462. The molecule has 1 amide bonds. The summed E-state index contributed by atoms with van der Waals surface area (Å²) in [5.74, 6) is -1.84. The number of halogens is 1. The third-order valence-corrected chi connectivity index (χ3v) is 2.99. The van der Waals surface area contributed by atoms with Crippen LogP contribution in [0.15, 0.2) is 18.2 Å². The molecule has 5 N–H and O–H groups in total. The fourth-order valence-corrected chi connectivity index (χ4v) is 1.78. The van der Waals surface area contributed by atoms with Crippen LogP contribution in [0.25, 0.3) is 0 Å². The number of nitrogens with two attached hydrogens (primary N) is 1. The number of nitro benzene ring substituents is 1. The Morgan fingerprint density at radius 1 is 1.45 bits per heavy atom. The smallest absolute Gasteiger partial charge is 0.321 e. The first-order valence-corrected chi connectivity index (χ1v) is 6.63. The van der Waals surface area contributed by atoms with Crippen LogP contribution in [0, 0.1) is 10.1 Å². The van der Waals surface area contributed by atoms with Gasteiger partial charge >= 0.3 is 5.97 Å². The largest absolute Gasteiger partial charge is 0.480 e. The number of nitrogens with zero attached hydrogens (tertiary/aromatic N) is 1. The molecular formula is C12H15ClN4O5. The number of carbonyl (C=O) groups excluding carboxylic acids is 1. The topological polar surface area (TPSA) is 148 Å². The van der Waals surface area contributed by atoms with E-state index < -0.39 is 22.8 Å². The maximum atomic E-state index is 11.8. The number of hydrogen-bond acceptors (Lipinski definition) is 6. The molecule has 0 bridgehead atoms. The van der Waals surface area contributed by atoms with E-state index in [-0.39, 0.29) is 35.9 Å². The van der Waals surface area contributed by atoms with Crippen molar-refractivity contribution in [3.05, 3.63) is 33.3 Å². The summed E-state index contributed by atoms with van der Waals surface area (Å²) in [5, 5.41) is 24.7. The predicted octanol–water partition coefficient (Wildman–Crippen LogP) is 0.578. The molecule has 0 saturated heterocycles. The van der Waals surface area contributed by atoms with Crippen LogP contribution in [0.2, 0.25) is 5.02 Å². The molecule has 0 aliphatic heterocycles. The fraction of sp³-hybridized carbons (Fsp3) is 0.333. The minimum atomic E-state index is -1.20. The van der Waals surface area contributed by atoms with Crippen molar-refractivity contribution >= 4 is 34.9 Å². The molecule has 0 saturated carbocycles. The fourth-order valence-electron chi connectivity index (χ4n) is 1.61. The molecule has 1 atom stereocenters. The van der Waals surface area contributed by atoms with Crippen LogP contribution in [0.1, 0.15) is 6.42 Å². The maximum Gasteiger partial charge on any atom is 0.321 e. The molecule has 1 aromatic rings. The zero-order chi connectivity index (χ0) is 16.7. The molecule has 0 fully saturated rings. The Hall–Kier alpha value is -2.23. The summed E-state index contributed by atoms with van der Waals surface area (Å²) < 4.78 is 0. The lowest BCUT2D eigenvalue weighted by Gasteiger charge is -2.14. The van der Waals surface area contributed by atoms with Crippen LogP contribution in [-0.2, 0) is 9.59 Å². The molecule has 0 unspecified atom stereocenters. The third kappa shape index (κ3) is 5.28. The van der Waals surface area contributed by atoms with Crippen LogP contribution in [-0.4, -0.2) is 41.0 Å². The second-order valence-electron chi connectivity index (χ2n) is 4.31. The Morgan fingerprint density at radius 2 is 2.14 bits per heavy atom. The van der Waals surface area contributed by atoms with Crippen molar-refractivity contribution in [2.75, 3.05) is 18.4 Å². The van der Waals surface area contributed by atoms with E-state index in [0.717, 1.165) is 6.07 Å². The van der Waals surface area contributed by atoms with Crippen molar-refractivity contribution in [2.45, 2.75) is 12.5 Å². The van der Waals surface area contributed by atoms with Gasteiger partial charge in [0, 0.05) is 25.2 Å². The summed E-state index contributed by atoms with van der Waals surface area (Å²) in [4.78, 5) is 32.9. The Balaban J connectivity index is 2.77. The van der Waals surface area contributed by atoms with E-state index >= 15 is 0 Å². The van der Waals surface area contributed by atoms with E-state index in [2.05, 4.69) is 10.6 Å². The standard InChI is InChI=1S/C12H15ClN4O5/c13-8-2-1-7(17(21)22)5-9(8)16-11(18)6-10(12(19)20)15-4-3-14/h1-2,5,10,15H,3-4,6,14H2,(H,16,18)(H,19,20)/t10-/m0/s1. The van der Waals surface area contributed by atoms with Crippen LogP contribution in [0.4, 0.5) is 11.4 Å². The summed E-state index contributed by atoms with van der Waals surface area (Å²) in [6.07, 6.45) is -0.367. The first-order chi connectivity index (χ1) is 10.3. The number of hydrogen-bond donors (Lipinski definition) is 4. The quantitative estimate of drug-likeness (QED) is 0.402. The van der Waals surface area contributed by atoms with E-state index in [9.17, 15) is 19.7 Å². The van der Waals surface area contributed by atoms with Gasteiger partial charge in [-0.3, -0.25) is 19.7 Å². The highest BCUT2D eigenvalue weighted by molar-refractivity contribution is 6.33. The Bertz CT molecular complexity index is 581. The Morgan fingerprint density at radius 3 is 2.68 bits per heavy atom. The summed E-state index contributed by atoms with van der Waals surface area (Å²) in [5.41, 5.74) is 5.06. The molecule has 22 heavy (non-hydrogen) atoms. The summed E-state index contributed by atoms with van der Waals surface area (Å²) in [7, 11) is 0. The van der Waals surface area contributed by atoms with Gasteiger partial charge in [0.2, 0.25) is 5.91 Å². The van der Waals surface area contributed by atoms with E-state index in [1.165, 1.54) is 12.1 Å². The number of carboxylic acids is 1. The number of carboxylic acid groups (broad SMARTS) is 1. The van der Waals surface area contributed by atoms with Gasteiger partial charge in [-0.25, -0.2) is 0 Å². The lowest BCUT2D eigenvalue weighted by Crippen LogP contribution is -2.41. The highest BCUT2D eigenvalue weighted by Crippen LogP contribution is 2.26. The Labute approximate surface area is 130 Å². The Kier molecular flexibility index (Phi) is 6.70. The van der Waals surface area contributed by atoms with E-state index in [4.69, 9.17) is 22.4 Å². The molecule has 1 aromatic carbocycles.